The van der Waals surface area contributed by atoms with Gasteiger partial charge in [-0.2, -0.15) is 0 Å². The Hall–Kier alpha value is -2.01. The number of carbonyl (C=O) groups excluding carboxylic acids is 1. The molecule has 0 saturated heterocycles. The fourth-order valence-corrected chi connectivity index (χ4v) is 1.60. The van der Waals surface area contributed by atoms with E-state index in [0.717, 1.165) is 0 Å². The number of nitrogens with zero attached hydrogens (tertiary/aromatic N) is 2. The van der Waals surface area contributed by atoms with E-state index in [4.69, 9.17) is 5.73 Å². The number of benzene rings is 1. The highest BCUT2D eigenvalue weighted by atomic mass is 19.1. The Balaban J connectivity index is 2.37. The molecule has 0 aliphatic carbocycles. The van der Waals surface area contributed by atoms with Crippen molar-refractivity contribution in [3.05, 3.63) is 53.9 Å². The van der Waals surface area contributed by atoms with Gasteiger partial charge in [0.15, 0.2) is 0 Å². The molecule has 0 bridgehead atoms. The number of carbonyl (C=O) groups is 1. The standard InChI is InChI=1S/C12H12FN3O/c13-11-4-2-1-3-10(11)12(17)16-8-15-7-9(16)5-6-14/h1-4,7-8H,5-6,14H2. The van der Waals surface area contributed by atoms with Gasteiger partial charge >= 0.3 is 0 Å². The maximum absolute atomic E-state index is 13.5. The molecule has 2 N–H and O–H groups in total. The van der Waals surface area contributed by atoms with E-state index >= 15 is 0 Å². The number of nitrogens with two attached hydrogens (primary N) is 1. The van der Waals surface area contributed by atoms with Crippen molar-refractivity contribution in [1.82, 2.24) is 9.55 Å². The van der Waals surface area contributed by atoms with Crippen LogP contribution in [-0.2, 0) is 6.42 Å². The van der Waals surface area contributed by atoms with Crippen LogP contribution in [0.3, 0.4) is 0 Å². The normalized spacial score (nSPS) is 10.5. The lowest BCUT2D eigenvalue weighted by molar-refractivity contribution is 0.0953. The third kappa shape index (κ3) is 2.24. The number of rotatable bonds is 3. The van der Waals surface area contributed by atoms with E-state index in [2.05, 4.69) is 4.98 Å². The molecule has 0 atom stereocenters. The SMILES string of the molecule is NCCc1cncn1C(=O)c1ccccc1F. The van der Waals surface area contributed by atoms with Crippen molar-refractivity contribution >= 4 is 5.91 Å². The summed E-state index contributed by atoms with van der Waals surface area (Å²) in [5.74, 6) is -0.964. The maximum atomic E-state index is 13.5. The van der Waals surface area contributed by atoms with Gasteiger partial charge < -0.3 is 5.73 Å². The first-order valence-electron chi connectivity index (χ1n) is 5.24. The number of aromatic nitrogens is 2. The summed E-state index contributed by atoms with van der Waals surface area (Å²) in [7, 11) is 0. The highest BCUT2D eigenvalue weighted by Gasteiger charge is 2.15. The quantitative estimate of drug-likeness (QED) is 0.866. The second-order valence-electron chi connectivity index (χ2n) is 3.58. The number of hydrogen-bond donors (Lipinski definition) is 1. The minimum atomic E-state index is -0.537. The summed E-state index contributed by atoms with van der Waals surface area (Å²) >= 11 is 0. The van der Waals surface area contributed by atoms with Crippen LogP contribution < -0.4 is 5.73 Å². The predicted molar refractivity (Wildman–Crippen MR) is 61.1 cm³/mol. The third-order valence-electron chi connectivity index (χ3n) is 2.44. The molecule has 0 saturated carbocycles. The maximum Gasteiger partial charge on any atom is 0.266 e. The van der Waals surface area contributed by atoms with E-state index in [1.807, 2.05) is 0 Å². The van der Waals surface area contributed by atoms with Gasteiger partial charge in [-0.15, -0.1) is 0 Å². The van der Waals surface area contributed by atoms with Crippen LogP contribution in [0.1, 0.15) is 16.1 Å². The zero-order valence-electron chi connectivity index (χ0n) is 9.14. The molecule has 5 heteroatoms. The molecule has 17 heavy (non-hydrogen) atoms. The molecule has 0 fully saturated rings. The molecule has 0 spiro atoms. The van der Waals surface area contributed by atoms with Crippen molar-refractivity contribution < 1.29 is 9.18 Å². The summed E-state index contributed by atoms with van der Waals surface area (Å²) in [5, 5.41) is 0. The molecule has 0 radical (unpaired) electrons. The molecular weight excluding hydrogens is 221 g/mol. The topological polar surface area (TPSA) is 60.9 Å². The van der Waals surface area contributed by atoms with Crippen LogP contribution in [0.2, 0.25) is 0 Å². The molecule has 88 valence electrons. The zero-order chi connectivity index (χ0) is 12.3. The van der Waals surface area contributed by atoms with Crippen LogP contribution in [0.25, 0.3) is 0 Å². The molecule has 2 rings (SSSR count). The Morgan fingerprint density at radius 1 is 1.41 bits per heavy atom. The first kappa shape index (κ1) is 11.5. The van der Waals surface area contributed by atoms with Crippen molar-refractivity contribution in [2.75, 3.05) is 6.54 Å². The van der Waals surface area contributed by atoms with Gasteiger partial charge in [-0.1, -0.05) is 12.1 Å². The molecule has 2 aromatic rings. The summed E-state index contributed by atoms with van der Waals surface area (Å²) in [4.78, 5) is 15.9. The fourth-order valence-electron chi connectivity index (χ4n) is 1.60. The van der Waals surface area contributed by atoms with Crippen molar-refractivity contribution in [2.45, 2.75) is 6.42 Å². The van der Waals surface area contributed by atoms with Crippen LogP contribution in [-0.4, -0.2) is 22.0 Å². The highest BCUT2D eigenvalue weighted by Crippen LogP contribution is 2.10. The van der Waals surface area contributed by atoms with E-state index in [-0.39, 0.29) is 5.56 Å². The first-order valence-corrected chi connectivity index (χ1v) is 5.24. The van der Waals surface area contributed by atoms with Gasteiger partial charge in [0.05, 0.1) is 5.56 Å². The minimum Gasteiger partial charge on any atom is -0.330 e. The zero-order valence-corrected chi connectivity index (χ0v) is 9.14. The van der Waals surface area contributed by atoms with Crippen molar-refractivity contribution in [2.24, 2.45) is 5.73 Å². The molecule has 1 heterocycles. The van der Waals surface area contributed by atoms with Gasteiger partial charge in [0, 0.05) is 18.3 Å². The van der Waals surface area contributed by atoms with Gasteiger partial charge in [0.1, 0.15) is 12.1 Å². The second kappa shape index (κ2) is 4.88. The van der Waals surface area contributed by atoms with E-state index in [9.17, 15) is 9.18 Å². The van der Waals surface area contributed by atoms with Crippen LogP contribution in [0.5, 0.6) is 0 Å². The van der Waals surface area contributed by atoms with E-state index in [0.29, 0.717) is 18.7 Å². The summed E-state index contributed by atoms with van der Waals surface area (Å²) in [5.41, 5.74) is 6.14. The Kier molecular flexibility index (Phi) is 3.30. The first-order chi connectivity index (χ1) is 8.24. The molecular formula is C12H12FN3O. The van der Waals surface area contributed by atoms with Crippen LogP contribution >= 0.6 is 0 Å². The lowest BCUT2D eigenvalue weighted by atomic mass is 10.2. The van der Waals surface area contributed by atoms with Crippen LogP contribution in [0.4, 0.5) is 4.39 Å². The van der Waals surface area contributed by atoms with Crippen molar-refractivity contribution in [1.29, 1.82) is 0 Å². The predicted octanol–water partition coefficient (Wildman–Crippen LogP) is 1.21. The lowest BCUT2D eigenvalue weighted by Crippen LogP contribution is -2.17. The Labute approximate surface area is 97.9 Å². The minimum absolute atomic E-state index is 0.0313. The van der Waals surface area contributed by atoms with E-state index in [1.165, 1.54) is 23.0 Å². The highest BCUT2D eigenvalue weighted by molar-refractivity contribution is 5.96. The van der Waals surface area contributed by atoms with Crippen molar-refractivity contribution in [3.63, 3.8) is 0 Å². The molecule has 0 aliphatic heterocycles. The molecule has 0 unspecified atom stereocenters. The lowest BCUT2D eigenvalue weighted by Gasteiger charge is -2.06. The largest absolute Gasteiger partial charge is 0.330 e. The van der Waals surface area contributed by atoms with Gasteiger partial charge in [-0.25, -0.2) is 9.37 Å². The second-order valence-corrected chi connectivity index (χ2v) is 3.58. The fraction of sp³-hybridized carbons (Fsp3) is 0.167. The van der Waals surface area contributed by atoms with Crippen LogP contribution in [0.15, 0.2) is 36.8 Å². The molecule has 0 amide bonds. The average Bonchev–Trinajstić information content (AvgIpc) is 2.78. The monoisotopic (exact) mass is 233 g/mol. The van der Waals surface area contributed by atoms with Gasteiger partial charge in [-0.05, 0) is 18.7 Å². The summed E-state index contributed by atoms with van der Waals surface area (Å²) in [6.45, 7) is 0.413. The number of imidazole rings is 1. The Bertz CT molecular complexity index is 536. The molecule has 1 aromatic heterocycles. The molecule has 0 aliphatic rings. The number of halogens is 1. The summed E-state index contributed by atoms with van der Waals surface area (Å²) in [6, 6.07) is 5.87. The average molecular weight is 233 g/mol. The van der Waals surface area contributed by atoms with Gasteiger partial charge in [0.2, 0.25) is 0 Å². The van der Waals surface area contributed by atoms with Gasteiger partial charge in [-0.3, -0.25) is 9.36 Å². The van der Waals surface area contributed by atoms with E-state index < -0.39 is 11.7 Å². The number of hydrogen-bond acceptors (Lipinski definition) is 3. The van der Waals surface area contributed by atoms with E-state index in [1.54, 1.807) is 18.3 Å². The van der Waals surface area contributed by atoms with Gasteiger partial charge in [0.25, 0.3) is 5.91 Å². The molecule has 1 aromatic carbocycles. The Morgan fingerprint density at radius 2 is 2.18 bits per heavy atom. The summed E-state index contributed by atoms with van der Waals surface area (Å²) in [6.07, 6.45) is 3.46. The third-order valence-corrected chi connectivity index (χ3v) is 2.44. The van der Waals surface area contributed by atoms with Crippen molar-refractivity contribution in [3.8, 4) is 0 Å². The summed E-state index contributed by atoms with van der Waals surface area (Å²) < 4.78 is 14.8. The Morgan fingerprint density at radius 3 is 2.88 bits per heavy atom. The van der Waals surface area contributed by atoms with Crippen LogP contribution in [0, 0.1) is 5.82 Å². The smallest absolute Gasteiger partial charge is 0.266 e. The molecule has 4 nitrogen and oxygen atoms in total.